The van der Waals surface area contributed by atoms with Crippen LogP contribution in [0.1, 0.15) is 30.5 Å². The number of carbonyl (C=O) groups excluding carboxylic acids is 2. The number of halogens is 1. The summed E-state index contributed by atoms with van der Waals surface area (Å²) in [6.07, 6.45) is 2.92. The molecule has 2 aromatic rings. The first-order valence-corrected chi connectivity index (χ1v) is 8.61. The number of nitrogens with one attached hydrogen (secondary N) is 2. The molecule has 0 saturated heterocycles. The zero-order valence-electron chi connectivity index (χ0n) is 14.2. The molecule has 1 aromatic heterocycles. The van der Waals surface area contributed by atoms with Crippen molar-refractivity contribution < 1.29 is 9.59 Å². The van der Waals surface area contributed by atoms with E-state index in [1.54, 1.807) is 18.3 Å². The van der Waals surface area contributed by atoms with Crippen molar-refractivity contribution in [2.24, 2.45) is 0 Å². The Kier molecular flexibility index (Phi) is 7.41. The van der Waals surface area contributed by atoms with Gasteiger partial charge in [-0.25, -0.2) is 0 Å². The molecule has 0 spiro atoms. The van der Waals surface area contributed by atoms with E-state index in [1.807, 2.05) is 30.3 Å². The Morgan fingerprint density at radius 2 is 1.80 bits per heavy atom. The number of hydrogen-bond acceptors (Lipinski definition) is 3. The lowest BCUT2D eigenvalue weighted by atomic mass is 9.93. The maximum absolute atomic E-state index is 12.7. The highest BCUT2D eigenvalue weighted by atomic mass is 35.5. The number of aromatic nitrogens is 1. The molecule has 0 aliphatic carbocycles. The smallest absolute Gasteiger partial charge is 0.227 e. The van der Waals surface area contributed by atoms with E-state index >= 15 is 0 Å². The summed E-state index contributed by atoms with van der Waals surface area (Å²) in [5.74, 6) is -0.468. The molecule has 1 aromatic carbocycles. The highest BCUT2D eigenvalue weighted by Gasteiger charge is 2.21. The Balaban J connectivity index is 2.01. The lowest BCUT2D eigenvalue weighted by Crippen LogP contribution is -2.33. The van der Waals surface area contributed by atoms with Gasteiger partial charge in [-0.1, -0.05) is 29.8 Å². The zero-order valence-corrected chi connectivity index (χ0v) is 14.9. The molecule has 6 heteroatoms. The van der Waals surface area contributed by atoms with Crippen LogP contribution in [0.3, 0.4) is 0 Å². The lowest BCUT2D eigenvalue weighted by molar-refractivity contribution is -0.122. The highest BCUT2D eigenvalue weighted by molar-refractivity contribution is 6.30. The molecule has 2 N–H and O–H groups in total. The molecule has 2 amide bonds. The number of carbonyl (C=O) groups is 2. The Labute approximate surface area is 152 Å². The van der Waals surface area contributed by atoms with Gasteiger partial charge < -0.3 is 10.6 Å². The standard InChI is InChI=1S/C19H22ClN3O2/c1-14(24)21-11-4-12-23-19(25)18(13-17-5-2-3-10-22-17)15-6-8-16(20)9-7-15/h2-3,5-10,18H,4,11-13H2,1H3,(H,21,24)(H,23,25). The minimum atomic E-state index is -0.340. The molecule has 5 nitrogen and oxygen atoms in total. The Bertz CT molecular complexity index is 690. The number of nitrogens with zero attached hydrogens (tertiary/aromatic N) is 1. The minimum Gasteiger partial charge on any atom is -0.356 e. The second-order valence-corrected chi connectivity index (χ2v) is 6.19. The van der Waals surface area contributed by atoms with E-state index in [9.17, 15) is 9.59 Å². The Morgan fingerprint density at radius 3 is 2.44 bits per heavy atom. The summed E-state index contributed by atoms with van der Waals surface area (Å²) in [7, 11) is 0. The van der Waals surface area contributed by atoms with Crippen LogP contribution in [0.4, 0.5) is 0 Å². The van der Waals surface area contributed by atoms with Gasteiger partial charge in [-0.3, -0.25) is 14.6 Å². The zero-order chi connectivity index (χ0) is 18.1. The van der Waals surface area contributed by atoms with Crippen LogP contribution in [-0.4, -0.2) is 29.9 Å². The van der Waals surface area contributed by atoms with Crippen LogP contribution in [-0.2, 0) is 16.0 Å². The third-order valence-electron chi connectivity index (χ3n) is 3.76. The number of amides is 2. The summed E-state index contributed by atoms with van der Waals surface area (Å²) in [5.41, 5.74) is 1.75. The van der Waals surface area contributed by atoms with Gasteiger partial charge in [0.05, 0.1) is 5.92 Å². The van der Waals surface area contributed by atoms with Crippen molar-refractivity contribution >= 4 is 23.4 Å². The first-order chi connectivity index (χ1) is 12.1. The SMILES string of the molecule is CC(=O)NCCCNC(=O)C(Cc1ccccn1)c1ccc(Cl)cc1. The number of pyridine rings is 1. The normalized spacial score (nSPS) is 11.6. The molecular formula is C19H22ClN3O2. The second kappa shape index (κ2) is 9.79. The molecule has 2 rings (SSSR count). The van der Waals surface area contributed by atoms with Crippen LogP contribution in [0.15, 0.2) is 48.7 Å². The minimum absolute atomic E-state index is 0.0594. The predicted molar refractivity (Wildman–Crippen MR) is 98.4 cm³/mol. The molecule has 1 atom stereocenters. The maximum Gasteiger partial charge on any atom is 0.227 e. The quantitative estimate of drug-likeness (QED) is 0.712. The summed E-state index contributed by atoms with van der Waals surface area (Å²) in [6.45, 7) is 2.52. The van der Waals surface area contributed by atoms with E-state index in [2.05, 4.69) is 15.6 Å². The van der Waals surface area contributed by atoms with E-state index in [0.29, 0.717) is 31.0 Å². The molecule has 1 heterocycles. The van der Waals surface area contributed by atoms with Gasteiger partial charge >= 0.3 is 0 Å². The fraction of sp³-hybridized carbons (Fsp3) is 0.316. The average Bonchev–Trinajstić information content (AvgIpc) is 2.61. The number of hydrogen-bond donors (Lipinski definition) is 2. The van der Waals surface area contributed by atoms with Crippen LogP contribution in [0, 0.1) is 0 Å². The van der Waals surface area contributed by atoms with Crippen molar-refractivity contribution in [1.29, 1.82) is 0 Å². The van der Waals surface area contributed by atoms with Crippen molar-refractivity contribution in [1.82, 2.24) is 15.6 Å². The van der Waals surface area contributed by atoms with Crippen LogP contribution in [0.25, 0.3) is 0 Å². The Hall–Kier alpha value is -2.40. The largest absolute Gasteiger partial charge is 0.356 e. The van der Waals surface area contributed by atoms with Crippen LogP contribution < -0.4 is 10.6 Å². The summed E-state index contributed by atoms with van der Waals surface area (Å²) in [6, 6.07) is 13.0. The monoisotopic (exact) mass is 359 g/mol. The lowest BCUT2D eigenvalue weighted by Gasteiger charge is -2.17. The molecule has 0 fully saturated rings. The van der Waals surface area contributed by atoms with Crippen molar-refractivity contribution in [2.45, 2.75) is 25.7 Å². The van der Waals surface area contributed by atoms with Gasteiger partial charge in [-0.05, 0) is 36.2 Å². The Morgan fingerprint density at radius 1 is 1.08 bits per heavy atom. The van der Waals surface area contributed by atoms with E-state index in [-0.39, 0.29) is 17.7 Å². The summed E-state index contributed by atoms with van der Waals surface area (Å²) >= 11 is 5.95. The van der Waals surface area contributed by atoms with Gasteiger partial charge in [0, 0.05) is 43.3 Å². The summed E-state index contributed by atoms with van der Waals surface area (Å²) in [4.78, 5) is 27.8. The fourth-order valence-electron chi connectivity index (χ4n) is 2.47. The summed E-state index contributed by atoms with van der Waals surface area (Å²) < 4.78 is 0. The van der Waals surface area contributed by atoms with E-state index in [4.69, 9.17) is 11.6 Å². The van der Waals surface area contributed by atoms with E-state index in [0.717, 1.165) is 11.3 Å². The fourth-order valence-corrected chi connectivity index (χ4v) is 2.60. The van der Waals surface area contributed by atoms with Gasteiger partial charge in [0.15, 0.2) is 0 Å². The van der Waals surface area contributed by atoms with Crippen molar-refractivity contribution in [3.05, 3.63) is 64.9 Å². The van der Waals surface area contributed by atoms with Crippen molar-refractivity contribution in [3.8, 4) is 0 Å². The van der Waals surface area contributed by atoms with Gasteiger partial charge in [-0.2, -0.15) is 0 Å². The highest BCUT2D eigenvalue weighted by Crippen LogP contribution is 2.22. The average molecular weight is 360 g/mol. The predicted octanol–water partition coefficient (Wildman–Crippen LogP) is 2.70. The molecule has 1 unspecified atom stereocenters. The van der Waals surface area contributed by atoms with Crippen molar-refractivity contribution in [3.63, 3.8) is 0 Å². The number of rotatable bonds is 8. The van der Waals surface area contributed by atoms with Gasteiger partial charge in [0.25, 0.3) is 0 Å². The second-order valence-electron chi connectivity index (χ2n) is 5.76. The molecule has 0 aliphatic rings. The molecule has 0 radical (unpaired) electrons. The van der Waals surface area contributed by atoms with Gasteiger partial charge in [0.1, 0.15) is 0 Å². The molecule has 0 bridgehead atoms. The first-order valence-electron chi connectivity index (χ1n) is 8.24. The molecule has 0 saturated carbocycles. The van der Waals surface area contributed by atoms with Crippen LogP contribution in [0.5, 0.6) is 0 Å². The van der Waals surface area contributed by atoms with Crippen LogP contribution >= 0.6 is 11.6 Å². The van der Waals surface area contributed by atoms with Gasteiger partial charge in [-0.15, -0.1) is 0 Å². The topological polar surface area (TPSA) is 71.1 Å². The van der Waals surface area contributed by atoms with E-state index < -0.39 is 0 Å². The molecule has 25 heavy (non-hydrogen) atoms. The maximum atomic E-state index is 12.7. The molecule has 0 aliphatic heterocycles. The third-order valence-corrected chi connectivity index (χ3v) is 4.01. The first kappa shape index (κ1) is 18.9. The van der Waals surface area contributed by atoms with E-state index in [1.165, 1.54) is 6.92 Å². The molecular weight excluding hydrogens is 338 g/mol. The van der Waals surface area contributed by atoms with Crippen molar-refractivity contribution in [2.75, 3.05) is 13.1 Å². The number of benzene rings is 1. The van der Waals surface area contributed by atoms with Crippen LogP contribution in [0.2, 0.25) is 5.02 Å². The summed E-state index contributed by atoms with van der Waals surface area (Å²) in [5, 5.41) is 6.29. The third kappa shape index (κ3) is 6.55. The van der Waals surface area contributed by atoms with Gasteiger partial charge in [0.2, 0.25) is 11.8 Å². The molecule has 132 valence electrons.